The molecule has 0 bridgehead atoms. The molecule has 0 radical (unpaired) electrons. The van der Waals surface area contributed by atoms with Crippen molar-refractivity contribution in [3.63, 3.8) is 0 Å². The quantitative estimate of drug-likeness (QED) is 0.404. The van der Waals surface area contributed by atoms with Gasteiger partial charge in [-0.2, -0.15) is 0 Å². The largest absolute Gasteiger partial charge is 0.354 e. The Balaban J connectivity index is 2.10. The number of amides is 3. The first-order valence-electron chi connectivity index (χ1n) is 5.15. The highest BCUT2D eigenvalue weighted by Crippen LogP contribution is 1.90. The first kappa shape index (κ1) is 13.7. The zero-order valence-corrected chi connectivity index (χ0v) is 10.3. The predicted molar refractivity (Wildman–Crippen MR) is 60.8 cm³/mol. The molecule has 17 heavy (non-hydrogen) atoms. The molecule has 4 N–H and O–H groups in total. The molecular weight excluding hydrogens is 248 g/mol. The molecule has 1 rings (SSSR count). The molecule has 0 aromatic carbocycles. The van der Waals surface area contributed by atoms with Crippen LogP contribution in [0.15, 0.2) is 0 Å². The zero-order chi connectivity index (χ0) is 12.9. The van der Waals surface area contributed by atoms with Crippen LogP contribution in [0.4, 0.5) is 4.79 Å². The van der Waals surface area contributed by atoms with Crippen LogP contribution in [0.2, 0.25) is 0 Å². The minimum Gasteiger partial charge on any atom is -0.354 e. The van der Waals surface area contributed by atoms with E-state index in [0.717, 1.165) is 6.26 Å². The fourth-order valence-electron chi connectivity index (χ4n) is 1.29. The Kier molecular flexibility index (Phi) is 4.70. The van der Waals surface area contributed by atoms with Crippen LogP contribution in [-0.2, 0) is 14.8 Å². The highest BCUT2D eigenvalue weighted by Gasteiger charge is 2.25. The Hall–Kier alpha value is -1.35. The van der Waals surface area contributed by atoms with Gasteiger partial charge in [-0.1, -0.05) is 0 Å². The maximum atomic E-state index is 11.4. The van der Waals surface area contributed by atoms with Gasteiger partial charge in [-0.25, -0.2) is 17.9 Å². The number of hydrogen-bond acceptors (Lipinski definition) is 4. The summed E-state index contributed by atoms with van der Waals surface area (Å²) in [6.07, 6.45) is 1.57. The molecule has 1 atom stereocenters. The third-order valence-electron chi connectivity index (χ3n) is 2.11. The second kappa shape index (κ2) is 5.82. The molecule has 0 aromatic rings. The van der Waals surface area contributed by atoms with Crippen molar-refractivity contribution in [2.75, 3.05) is 25.9 Å². The molecule has 1 saturated heterocycles. The van der Waals surface area contributed by atoms with E-state index in [2.05, 4.69) is 20.7 Å². The van der Waals surface area contributed by atoms with E-state index in [1.54, 1.807) is 0 Å². The number of sulfonamides is 1. The van der Waals surface area contributed by atoms with Crippen molar-refractivity contribution in [3.8, 4) is 0 Å². The van der Waals surface area contributed by atoms with E-state index in [9.17, 15) is 18.0 Å². The lowest BCUT2D eigenvalue weighted by Crippen LogP contribution is -2.43. The highest BCUT2D eigenvalue weighted by atomic mass is 32.2. The molecule has 0 unspecified atom stereocenters. The minimum atomic E-state index is -3.18. The summed E-state index contributed by atoms with van der Waals surface area (Å²) in [6.45, 7) is 0.897. The van der Waals surface area contributed by atoms with Gasteiger partial charge >= 0.3 is 6.03 Å². The number of rotatable bonds is 6. The average Bonchev–Trinajstić information content (AvgIpc) is 2.62. The lowest BCUT2D eigenvalue weighted by Gasteiger charge is -2.09. The summed E-state index contributed by atoms with van der Waals surface area (Å²) < 4.78 is 23.7. The van der Waals surface area contributed by atoms with Crippen molar-refractivity contribution in [1.82, 2.24) is 20.7 Å². The van der Waals surface area contributed by atoms with Gasteiger partial charge in [0, 0.05) is 19.6 Å². The molecule has 1 heterocycles. The van der Waals surface area contributed by atoms with Crippen molar-refractivity contribution >= 4 is 22.0 Å². The van der Waals surface area contributed by atoms with Gasteiger partial charge in [-0.05, 0) is 6.42 Å². The Morgan fingerprint density at radius 1 is 1.47 bits per heavy atom. The summed E-state index contributed by atoms with van der Waals surface area (Å²) in [4.78, 5) is 22.2. The van der Waals surface area contributed by atoms with Gasteiger partial charge in [-0.3, -0.25) is 4.79 Å². The molecule has 0 spiro atoms. The second-order valence-corrected chi connectivity index (χ2v) is 5.55. The highest BCUT2D eigenvalue weighted by molar-refractivity contribution is 7.88. The van der Waals surface area contributed by atoms with E-state index in [-0.39, 0.29) is 25.0 Å². The van der Waals surface area contributed by atoms with Gasteiger partial charge in [0.15, 0.2) is 0 Å². The molecule has 3 amide bonds. The third-order valence-corrected chi connectivity index (χ3v) is 2.83. The molecule has 8 nitrogen and oxygen atoms in total. The van der Waals surface area contributed by atoms with E-state index in [1.807, 2.05) is 0 Å². The average molecular weight is 264 g/mol. The van der Waals surface area contributed by atoms with Crippen molar-refractivity contribution in [2.24, 2.45) is 0 Å². The summed E-state index contributed by atoms with van der Waals surface area (Å²) in [5, 5.41) is 7.52. The van der Waals surface area contributed by atoms with Gasteiger partial charge in [0.05, 0.1) is 6.26 Å². The Morgan fingerprint density at radius 3 is 2.71 bits per heavy atom. The smallest absolute Gasteiger partial charge is 0.315 e. The van der Waals surface area contributed by atoms with Crippen molar-refractivity contribution in [1.29, 1.82) is 0 Å². The van der Waals surface area contributed by atoms with Crippen molar-refractivity contribution in [2.45, 2.75) is 12.5 Å². The fraction of sp³-hybridized carbons (Fsp3) is 0.750. The summed E-state index contributed by atoms with van der Waals surface area (Å²) in [5.41, 5.74) is 0. The van der Waals surface area contributed by atoms with E-state index in [0.29, 0.717) is 13.0 Å². The monoisotopic (exact) mass is 264 g/mol. The maximum absolute atomic E-state index is 11.4. The summed E-state index contributed by atoms with van der Waals surface area (Å²) in [5.74, 6) is -0.275. The fourth-order valence-corrected chi connectivity index (χ4v) is 1.81. The van der Waals surface area contributed by atoms with Gasteiger partial charge in [-0.15, -0.1) is 0 Å². The van der Waals surface area contributed by atoms with Crippen LogP contribution in [0.25, 0.3) is 0 Å². The topological polar surface area (TPSA) is 116 Å². The zero-order valence-electron chi connectivity index (χ0n) is 9.45. The Bertz CT molecular complexity index is 394. The lowest BCUT2D eigenvalue weighted by molar-refractivity contribution is -0.122. The molecule has 1 fully saturated rings. The minimum absolute atomic E-state index is 0.270. The van der Waals surface area contributed by atoms with Gasteiger partial charge in [0.2, 0.25) is 15.9 Å². The van der Waals surface area contributed by atoms with Crippen LogP contribution in [0.1, 0.15) is 6.42 Å². The summed E-state index contributed by atoms with van der Waals surface area (Å²) in [7, 11) is -3.18. The first-order valence-corrected chi connectivity index (χ1v) is 7.04. The first-order chi connectivity index (χ1) is 7.88. The van der Waals surface area contributed by atoms with Crippen LogP contribution in [-0.4, -0.2) is 52.3 Å². The SMILES string of the molecule is CS(=O)(=O)NCCCNC(=O)[C@@H]1CNC(=O)N1. The van der Waals surface area contributed by atoms with Crippen LogP contribution in [0.5, 0.6) is 0 Å². The molecule has 1 aliphatic heterocycles. The van der Waals surface area contributed by atoms with Crippen LogP contribution in [0, 0.1) is 0 Å². The summed E-state index contributed by atoms with van der Waals surface area (Å²) in [6, 6.07) is -0.908. The second-order valence-electron chi connectivity index (χ2n) is 3.72. The van der Waals surface area contributed by atoms with Gasteiger partial charge in [0.1, 0.15) is 6.04 Å². The number of nitrogens with one attached hydrogen (secondary N) is 4. The summed E-state index contributed by atoms with van der Waals surface area (Å²) >= 11 is 0. The number of urea groups is 1. The third kappa shape index (κ3) is 5.50. The Labute approximate surface area is 99.6 Å². The molecule has 0 aliphatic carbocycles. The van der Waals surface area contributed by atoms with E-state index in [1.165, 1.54) is 0 Å². The normalized spacial score (nSPS) is 19.6. The molecule has 1 aliphatic rings. The van der Waals surface area contributed by atoms with Crippen LogP contribution >= 0.6 is 0 Å². The van der Waals surface area contributed by atoms with Gasteiger partial charge in [0.25, 0.3) is 0 Å². The predicted octanol–water partition coefficient (Wildman–Crippen LogP) is -2.28. The van der Waals surface area contributed by atoms with E-state index < -0.39 is 16.1 Å². The van der Waals surface area contributed by atoms with Crippen LogP contribution < -0.4 is 20.7 Å². The molecule has 9 heteroatoms. The maximum Gasteiger partial charge on any atom is 0.315 e. The van der Waals surface area contributed by atoms with Crippen molar-refractivity contribution < 1.29 is 18.0 Å². The van der Waals surface area contributed by atoms with E-state index >= 15 is 0 Å². The van der Waals surface area contributed by atoms with Gasteiger partial charge < -0.3 is 16.0 Å². The van der Waals surface area contributed by atoms with E-state index in [4.69, 9.17) is 0 Å². The molecule has 0 aromatic heterocycles. The number of carbonyl (C=O) groups is 2. The Morgan fingerprint density at radius 2 is 2.18 bits per heavy atom. The number of hydrogen-bond donors (Lipinski definition) is 4. The molecule has 0 saturated carbocycles. The van der Waals surface area contributed by atoms with Crippen molar-refractivity contribution in [3.05, 3.63) is 0 Å². The lowest BCUT2D eigenvalue weighted by atomic mass is 10.3. The molecule has 98 valence electrons. The number of carbonyl (C=O) groups excluding carboxylic acids is 2. The van der Waals surface area contributed by atoms with Crippen LogP contribution in [0.3, 0.4) is 0 Å². The standard InChI is InChI=1S/C8H16N4O4S/c1-17(15,16)11-4-2-3-9-7(13)6-5-10-8(14)12-6/h6,11H,2-5H2,1H3,(H,9,13)(H2,10,12,14)/t6-/m0/s1. The molecular formula is C8H16N4O4S.